The largest absolute Gasteiger partial charge is 0.350 e. The fourth-order valence-electron chi connectivity index (χ4n) is 1.75. The SMILES string of the molecule is NCC#Cc1ccccc1C(=O)NCCn1ccnc1. The highest BCUT2D eigenvalue weighted by atomic mass is 16.1. The number of nitrogens with one attached hydrogen (secondary N) is 1. The molecule has 0 spiro atoms. The van der Waals surface area contributed by atoms with Crippen LogP contribution in [0.15, 0.2) is 43.0 Å². The summed E-state index contributed by atoms with van der Waals surface area (Å²) in [7, 11) is 0. The third-order valence-electron chi connectivity index (χ3n) is 2.71. The molecule has 5 nitrogen and oxygen atoms in total. The zero-order valence-electron chi connectivity index (χ0n) is 11.0. The molecule has 102 valence electrons. The number of benzene rings is 1. The van der Waals surface area contributed by atoms with Gasteiger partial charge < -0.3 is 15.6 Å². The molecule has 0 atom stereocenters. The summed E-state index contributed by atoms with van der Waals surface area (Å²) in [4.78, 5) is 16.1. The first-order valence-corrected chi connectivity index (χ1v) is 6.33. The quantitative estimate of drug-likeness (QED) is 0.799. The van der Waals surface area contributed by atoms with Gasteiger partial charge >= 0.3 is 0 Å². The number of nitrogens with two attached hydrogens (primary N) is 1. The standard InChI is InChI=1S/C15H16N4O/c16-7-3-5-13-4-1-2-6-14(13)15(20)18-9-11-19-10-8-17-12-19/h1-2,4,6,8,10,12H,7,9,11,16H2,(H,18,20). The van der Waals surface area contributed by atoms with Crippen LogP contribution < -0.4 is 11.1 Å². The van der Waals surface area contributed by atoms with Gasteiger partial charge in [0.05, 0.1) is 18.4 Å². The second-order valence-electron chi connectivity index (χ2n) is 4.11. The van der Waals surface area contributed by atoms with Gasteiger partial charge in [-0.3, -0.25) is 4.79 Å². The molecule has 0 saturated heterocycles. The van der Waals surface area contributed by atoms with Gasteiger partial charge in [-0.1, -0.05) is 24.0 Å². The predicted octanol–water partition coefficient (Wildman–Crippen LogP) is 0.623. The fourth-order valence-corrected chi connectivity index (χ4v) is 1.75. The highest BCUT2D eigenvalue weighted by molar-refractivity contribution is 5.96. The number of hydrogen-bond acceptors (Lipinski definition) is 3. The molecule has 5 heteroatoms. The number of carbonyl (C=O) groups is 1. The highest BCUT2D eigenvalue weighted by Crippen LogP contribution is 2.06. The smallest absolute Gasteiger partial charge is 0.252 e. The molecule has 0 fully saturated rings. The summed E-state index contributed by atoms with van der Waals surface area (Å²) in [5, 5.41) is 2.87. The molecule has 3 N–H and O–H groups in total. The van der Waals surface area contributed by atoms with Crippen molar-refractivity contribution in [3.8, 4) is 11.8 Å². The van der Waals surface area contributed by atoms with E-state index >= 15 is 0 Å². The van der Waals surface area contributed by atoms with Gasteiger partial charge in [-0.05, 0) is 12.1 Å². The Kier molecular flexibility index (Phi) is 4.93. The molecule has 0 saturated carbocycles. The van der Waals surface area contributed by atoms with Crippen molar-refractivity contribution in [3.05, 3.63) is 54.1 Å². The van der Waals surface area contributed by atoms with Crippen molar-refractivity contribution in [3.63, 3.8) is 0 Å². The Morgan fingerprint density at radius 1 is 1.40 bits per heavy atom. The molecule has 1 amide bonds. The molecule has 1 aromatic heterocycles. The Hall–Kier alpha value is -2.58. The first-order chi connectivity index (χ1) is 9.81. The minimum Gasteiger partial charge on any atom is -0.350 e. The van der Waals surface area contributed by atoms with E-state index in [4.69, 9.17) is 5.73 Å². The zero-order chi connectivity index (χ0) is 14.2. The lowest BCUT2D eigenvalue weighted by Gasteiger charge is -2.07. The van der Waals surface area contributed by atoms with E-state index in [9.17, 15) is 4.79 Å². The summed E-state index contributed by atoms with van der Waals surface area (Å²) < 4.78 is 1.90. The number of amides is 1. The molecular weight excluding hydrogens is 252 g/mol. The van der Waals surface area contributed by atoms with Crippen LogP contribution >= 0.6 is 0 Å². The van der Waals surface area contributed by atoms with Gasteiger partial charge in [0.2, 0.25) is 0 Å². The van der Waals surface area contributed by atoms with Gasteiger partial charge in [0.1, 0.15) is 0 Å². The molecule has 2 rings (SSSR count). The lowest BCUT2D eigenvalue weighted by Crippen LogP contribution is -2.27. The molecule has 2 aromatic rings. The predicted molar refractivity (Wildman–Crippen MR) is 76.9 cm³/mol. The Morgan fingerprint density at radius 3 is 3.00 bits per heavy atom. The summed E-state index contributed by atoms with van der Waals surface area (Å²) in [5.74, 6) is 5.54. The van der Waals surface area contributed by atoms with E-state index in [1.807, 2.05) is 29.0 Å². The molecule has 0 aliphatic carbocycles. The Morgan fingerprint density at radius 2 is 2.25 bits per heavy atom. The van der Waals surface area contributed by atoms with Gasteiger partial charge in [-0.2, -0.15) is 0 Å². The van der Waals surface area contributed by atoms with Gasteiger partial charge in [-0.15, -0.1) is 0 Å². The van der Waals surface area contributed by atoms with Crippen molar-refractivity contribution in [2.45, 2.75) is 6.54 Å². The van der Waals surface area contributed by atoms with E-state index in [0.29, 0.717) is 24.2 Å². The summed E-state index contributed by atoms with van der Waals surface area (Å²) in [6.45, 7) is 1.49. The van der Waals surface area contributed by atoms with Gasteiger partial charge in [-0.25, -0.2) is 4.98 Å². The van der Waals surface area contributed by atoms with Gasteiger partial charge in [0.15, 0.2) is 0 Å². The highest BCUT2D eigenvalue weighted by Gasteiger charge is 2.08. The maximum absolute atomic E-state index is 12.1. The van der Waals surface area contributed by atoms with Crippen LogP contribution in [0.4, 0.5) is 0 Å². The molecule has 0 unspecified atom stereocenters. The zero-order valence-corrected chi connectivity index (χ0v) is 11.0. The van der Waals surface area contributed by atoms with Crippen LogP contribution in [0.2, 0.25) is 0 Å². The van der Waals surface area contributed by atoms with E-state index in [1.54, 1.807) is 18.6 Å². The second kappa shape index (κ2) is 7.12. The van der Waals surface area contributed by atoms with Crippen LogP contribution in [0.5, 0.6) is 0 Å². The molecule has 1 heterocycles. The van der Waals surface area contributed by atoms with Crippen LogP contribution in [-0.4, -0.2) is 28.5 Å². The number of aromatic nitrogens is 2. The molecular formula is C15H16N4O. The third-order valence-corrected chi connectivity index (χ3v) is 2.71. The monoisotopic (exact) mass is 268 g/mol. The van der Waals surface area contributed by atoms with Crippen molar-refractivity contribution in [2.24, 2.45) is 5.73 Å². The van der Waals surface area contributed by atoms with Crippen molar-refractivity contribution in [1.82, 2.24) is 14.9 Å². The normalized spacial score (nSPS) is 9.65. The second-order valence-corrected chi connectivity index (χ2v) is 4.11. The van der Waals surface area contributed by atoms with Crippen molar-refractivity contribution >= 4 is 5.91 Å². The summed E-state index contributed by atoms with van der Waals surface area (Å²) in [6.07, 6.45) is 5.28. The Bertz CT molecular complexity index is 623. The number of nitrogens with zero attached hydrogens (tertiary/aromatic N) is 2. The van der Waals surface area contributed by atoms with Gasteiger partial charge in [0.25, 0.3) is 5.91 Å². The Labute approximate surface area is 117 Å². The van der Waals surface area contributed by atoms with Crippen LogP contribution in [0, 0.1) is 11.8 Å². The van der Waals surface area contributed by atoms with Gasteiger partial charge in [0, 0.05) is 31.0 Å². The minimum atomic E-state index is -0.132. The average molecular weight is 268 g/mol. The number of rotatable bonds is 4. The first kappa shape index (κ1) is 13.8. The fraction of sp³-hybridized carbons (Fsp3) is 0.200. The summed E-state index contributed by atoms with van der Waals surface area (Å²) in [6, 6.07) is 7.24. The molecule has 0 aliphatic rings. The van der Waals surface area contributed by atoms with Crippen LogP contribution in [0.3, 0.4) is 0 Å². The maximum Gasteiger partial charge on any atom is 0.252 e. The van der Waals surface area contributed by atoms with Crippen LogP contribution in [0.1, 0.15) is 15.9 Å². The third kappa shape index (κ3) is 3.70. The van der Waals surface area contributed by atoms with Crippen LogP contribution in [-0.2, 0) is 6.54 Å². The molecule has 0 bridgehead atoms. The Balaban J connectivity index is 1.98. The maximum atomic E-state index is 12.1. The minimum absolute atomic E-state index is 0.132. The average Bonchev–Trinajstić information content (AvgIpc) is 2.98. The number of hydrogen-bond donors (Lipinski definition) is 2. The summed E-state index contributed by atoms with van der Waals surface area (Å²) >= 11 is 0. The topological polar surface area (TPSA) is 72.9 Å². The number of carbonyl (C=O) groups excluding carboxylic acids is 1. The molecule has 0 radical (unpaired) electrons. The first-order valence-electron chi connectivity index (χ1n) is 6.33. The number of imidazole rings is 1. The van der Waals surface area contributed by atoms with Crippen molar-refractivity contribution < 1.29 is 4.79 Å². The lowest BCUT2D eigenvalue weighted by molar-refractivity contribution is 0.0952. The van der Waals surface area contributed by atoms with E-state index in [2.05, 4.69) is 22.1 Å². The van der Waals surface area contributed by atoms with E-state index in [1.165, 1.54) is 0 Å². The molecule has 20 heavy (non-hydrogen) atoms. The lowest BCUT2D eigenvalue weighted by atomic mass is 10.1. The summed E-state index contributed by atoms with van der Waals surface area (Å²) in [5.41, 5.74) is 6.62. The van der Waals surface area contributed by atoms with E-state index in [0.717, 1.165) is 0 Å². The van der Waals surface area contributed by atoms with Crippen molar-refractivity contribution in [1.29, 1.82) is 0 Å². The van der Waals surface area contributed by atoms with E-state index in [-0.39, 0.29) is 12.5 Å². The van der Waals surface area contributed by atoms with E-state index < -0.39 is 0 Å². The molecule has 0 aliphatic heterocycles. The van der Waals surface area contributed by atoms with Crippen LogP contribution in [0.25, 0.3) is 0 Å². The molecule has 1 aromatic carbocycles. The van der Waals surface area contributed by atoms with Crippen molar-refractivity contribution in [2.75, 3.05) is 13.1 Å².